The van der Waals surface area contributed by atoms with Gasteiger partial charge in [-0.25, -0.2) is 23.1 Å². The Hall–Kier alpha value is -3.91. The van der Waals surface area contributed by atoms with Crippen LogP contribution in [0.1, 0.15) is 0 Å². The van der Waals surface area contributed by atoms with E-state index in [4.69, 9.17) is 19.5 Å². The van der Waals surface area contributed by atoms with Gasteiger partial charge in [-0.15, -0.1) is 0 Å². The van der Waals surface area contributed by atoms with E-state index >= 15 is 0 Å². The van der Waals surface area contributed by atoms with Crippen molar-refractivity contribution in [3.8, 4) is 39.8 Å². The van der Waals surface area contributed by atoms with Gasteiger partial charge < -0.3 is 24.3 Å². The first-order valence-electron chi connectivity index (χ1n) is 12.7. The molecule has 7 nitrogen and oxygen atoms in total. The fourth-order valence-corrected chi connectivity index (χ4v) is 4.56. The first kappa shape index (κ1) is 34.6. The molecule has 0 fully saturated rings. The number of ether oxygens (including phenoxy) is 3. The SMILES string of the molecule is Brc1cccc(Br)n1.COc1ccc(-c2cccc(-c3ccc(OC)c(F)c3)n2)cc1F.COc1ccc(B(O)O)cc1F. The van der Waals surface area contributed by atoms with E-state index in [9.17, 15) is 13.2 Å². The maximum atomic E-state index is 13.9. The molecule has 0 saturated heterocycles. The molecule has 0 atom stereocenters. The molecular formula is C31H26BBr2F3N2O5. The van der Waals surface area contributed by atoms with Gasteiger partial charge in [0.1, 0.15) is 9.21 Å². The summed E-state index contributed by atoms with van der Waals surface area (Å²) in [5.41, 5.74) is 2.51. The lowest BCUT2D eigenvalue weighted by Gasteiger charge is -2.08. The third-order valence-corrected chi connectivity index (χ3v) is 6.68. The Labute approximate surface area is 269 Å². The Kier molecular flexibility index (Phi) is 13.2. The highest BCUT2D eigenvalue weighted by Gasteiger charge is 2.13. The molecule has 2 heterocycles. The average molecular weight is 734 g/mol. The lowest BCUT2D eigenvalue weighted by atomic mass is 9.80. The maximum Gasteiger partial charge on any atom is 0.488 e. The van der Waals surface area contributed by atoms with Crippen molar-refractivity contribution in [2.75, 3.05) is 21.3 Å². The van der Waals surface area contributed by atoms with Crippen molar-refractivity contribution >= 4 is 44.4 Å². The second kappa shape index (κ2) is 16.8. The highest BCUT2D eigenvalue weighted by atomic mass is 79.9. The first-order chi connectivity index (χ1) is 21.1. The van der Waals surface area contributed by atoms with E-state index in [-0.39, 0.29) is 22.7 Å². The van der Waals surface area contributed by atoms with Crippen molar-refractivity contribution in [1.82, 2.24) is 9.97 Å². The van der Waals surface area contributed by atoms with Crippen LogP contribution >= 0.6 is 31.9 Å². The van der Waals surface area contributed by atoms with E-state index < -0.39 is 24.6 Å². The smallest absolute Gasteiger partial charge is 0.488 e. The predicted molar refractivity (Wildman–Crippen MR) is 171 cm³/mol. The summed E-state index contributed by atoms with van der Waals surface area (Å²) in [7, 11) is 2.52. The van der Waals surface area contributed by atoms with Crippen LogP contribution in [0.15, 0.2) is 100 Å². The van der Waals surface area contributed by atoms with Gasteiger partial charge in [-0.05, 0) is 110 Å². The van der Waals surface area contributed by atoms with Gasteiger partial charge in [0.2, 0.25) is 0 Å². The number of aromatic nitrogens is 2. The third-order valence-electron chi connectivity index (χ3n) is 5.80. The van der Waals surface area contributed by atoms with Crippen LogP contribution < -0.4 is 19.7 Å². The van der Waals surface area contributed by atoms with E-state index in [2.05, 4.69) is 46.6 Å². The molecule has 3 aromatic carbocycles. The fourth-order valence-electron chi connectivity index (χ4n) is 3.63. The second-order valence-electron chi connectivity index (χ2n) is 8.66. The molecule has 0 bridgehead atoms. The molecular weight excluding hydrogens is 708 g/mol. The van der Waals surface area contributed by atoms with Crippen LogP contribution in [0.25, 0.3) is 22.5 Å². The zero-order valence-electron chi connectivity index (χ0n) is 23.6. The standard InChI is InChI=1S/C19H15F2NO2.C7H8BFO3.C5H3Br2N/c1-23-18-8-6-12(10-14(18)20)16-4-3-5-17(22-16)13-7-9-19(24-2)15(21)11-13;1-12-7-3-2-5(8(10)11)4-6(7)9;6-4-2-1-3-5(7)8-4/h3-11H,1-2H3;2-4,10-11H,1H3;1-3H. The normalized spacial score (nSPS) is 10.0. The molecule has 44 heavy (non-hydrogen) atoms. The number of halogens is 5. The average Bonchev–Trinajstić information content (AvgIpc) is 3.01. The summed E-state index contributed by atoms with van der Waals surface area (Å²) in [6.07, 6.45) is 0. The molecule has 228 valence electrons. The molecule has 0 unspecified atom stereocenters. The summed E-state index contributed by atoms with van der Waals surface area (Å²) in [6, 6.07) is 24.0. The van der Waals surface area contributed by atoms with Crippen molar-refractivity contribution in [2.24, 2.45) is 0 Å². The minimum Gasteiger partial charge on any atom is -0.494 e. The van der Waals surface area contributed by atoms with Crippen LogP contribution in [0.3, 0.4) is 0 Å². The highest BCUT2D eigenvalue weighted by molar-refractivity contribution is 9.11. The van der Waals surface area contributed by atoms with Crippen LogP contribution in [0.5, 0.6) is 17.2 Å². The number of methoxy groups -OCH3 is 3. The number of pyridine rings is 2. The van der Waals surface area contributed by atoms with Gasteiger partial charge in [-0.1, -0.05) is 18.2 Å². The topological polar surface area (TPSA) is 93.9 Å². The van der Waals surface area contributed by atoms with Crippen molar-refractivity contribution in [2.45, 2.75) is 0 Å². The number of hydrogen-bond donors (Lipinski definition) is 2. The summed E-state index contributed by atoms with van der Waals surface area (Å²) in [5, 5.41) is 17.3. The molecule has 2 aromatic heterocycles. The predicted octanol–water partition coefficient (Wildman–Crippen LogP) is 6.83. The summed E-state index contributed by atoms with van der Waals surface area (Å²) in [4.78, 5) is 8.50. The molecule has 0 saturated carbocycles. The zero-order valence-corrected chi connectivity index (χ0v) is 26.8. The van der Waals surface area contributed by atoms with E-state index in [1.807, 2.05) is 18.2 Å². The largest absolute Gasteiger partial charge is 0.494 e. The molecule has 0 radical (unpaired) electrons. The summed E-state index contributed by atoms with van der Waals surface area (Å²) in [6.45, 7) is 0. The molecule has 2 N–H and O–H groups in total. The monoisotopic (exact) mass is 732 g/mol. The Morgan fingerprint density at radius 1 is 0.568 bits per heavy atom. The van der Waals surface area contributed by atoms with E-state index in [1.165, 1.54) is 45.6 Å². The molecule has 0 spiro atoms. The third kappa shape index (κ3) is 9.81. The molecule has 0 aliphatic carbocycles. The summed E-state index contributed by atoms with van der Waals surface area (Å²) in [5.74, 6) is -1.10. The van der Waals surface area contributed by atoms with Gasteiger partial charge in [-0.2, -0.15) is 0 Å². The molecule has 0 amide bonds. The van der Waals surface area contributed by atoms with Crippen molar-refractivity contribution in [1.29, 1.82) is 0 Å². The van der Waals surface area contributed by atoms with Crippen molar-refractivity contribution in [3.05, 3.63) is 118 Å². The van der Waals surface area contributed by atoms with E-state index in [0.717, 1.165) is 15.3 Å². The first-order valence-corrected chi connectivity index (χ1v) is 14.3. The minimum atomic E-state index is -1.65. The van der Waals surface area contributed by atoms with Gasteiger partial charge in [0.15, 0.2) is 34.7 Å². The van der Waals surface area contributed by atoms with Crippen LogP contribution in [-0.4, -0.2) is 48.5 Å². The fraction of sp³-hybridized carbons (Fsp3) is 0.0968. The molecule has 5 rings (SSSR count). The molecule has 0 aliphatic rings. The zero-order chi connectivity index (χ0) is 32.2. The quantitative estimate of drug-likeness (QED) is 0.146. The van der Waals surface area contributed by atoms with Crippen LogP contribution in [0, 0.1) is 17.5 Å². The summed E-state index contributed by atoms with van der Waals surface area (Å²) < 4.78 is 56.8. The number of rotatable bonds is 6. The number of benzene rings is 3. The van der Waals surface area contributed by atoms with Crippen LogP contribution in [-0.2, 0) is 0 Å². The van der Waals surface area contributed by atoms with Gasteiger partial charge >= 0.3 is 7.12 Å². The number of nitrogens with zero attached hydrogens (tertiary/aromatic N) is 2. The van der Waals surface area contributed by atoms with Gasteiger partial charge in [0.05, 0.1) is 32.7 Å². The van der Waals surface area contributed by atoms with Crippen LogP contribution in [0.2, 0.25) is 0 Å². The molecule has 13 heteroatoms. The van der Waals surface area contributed by atoms with Gasteiger partial charge in [-0.3, -0.25) is 0 Å². The maximum absolute atomic E-state index is 13.9. The highest BCUT2D eigenvalue weighted by Crippen LogP contribution is 2.28. The Bertz CT molecular complexity index is 1610. The van der Waals surface area contributed by atoms with Crippen molar-refractivity contribution in [3.63, 3.8) is 0 Å². The van der Waals surface area contributed by atoms with Crippen molar-refractivity contribution < 1.29 is 37.4 Å². The lowest BCUT2D eigenvalue weighted by molar-refractivity contribution is 0.386. The van der Waals surface area contributed by atoms with Crippen LogP contribution in [0.4, 0.5) is 13.2 Å². The van der Waals surface area contributed by atoms with Gasteiger partial charge in [0.25, 0.3) is 0 Å². The Balaban J connectivity index is 0.000000218. The van der Waals surface area contributed by atoms with Gasteiger partial charge in [0, 0.05) is 11.1 Å². The Morgan fingerprint density at radius 3 is 1.32 bits per heavy atom. The lowest BCUT2D eigenvalue weighted by Crippen LogP contribution is -2.29. The second-order valence-corrected chi connectivity index (χ2v) is 10.3. The number of hydrogen-bond acceptors (Lipinski definition) is 7. The summed E-state index contributed by atoms with van der Waals surface area (Å²) >= 11 is 6.44. The minimum absolute atomic E-state index is 0.0828. The van der Waals surface area contributed by atoms with E-state index in [0.29, 0.717) is 22.5 Å². The van der Waals surface area contributed by atoms with E-state index in [1.54, 1.807) is 42.5 Å². The molecule has 0 aliphatic heterocycles. The Morgan fingerprint density at radius 2 is 0.977 bits per heavy atom. The molecule has 5 aromatic rings.